The minimum Gasteiger partial charge on any atom is -0.461 e. The summed E-state index contributed by atoms with van der Waals surface area (Å²) < 4.78 is 6.99. The molecule has 3 heterocycles. The van der Waals surface area contributed by atoms with Crippen LogP contribution >= 0.6 is 0 Å². The van der Waals surface area contributed by atoms with Crippen molar-refractivity contribution in [2.24, 2.45) is 0 Å². The van der Waals surface area contributed by atoms with Crippen molar-refractivity contribution in [3.05, 3.63) is 63.4 Å². The van der Waals surface area contributed by atoms with Crippen LogP contribution < -0.4 is 5.56 Å². The number of nitrogens with zero attached hydrogens (tertiary/aromatic N) is 2. The molecule has 0 aliphatic carbocycles. The van der Waals surface area contributed by atoms with Gasteiger partial charge in [0.15, 0.2) is 0 Å². The largest absolute Gasteiger partial charge is 0.461 e. The molecule has 1 aliphatic rings. The molecular formula is C21H20N2O3. The second kappa shape index (κ2) is 6.41. The van der Waals surface area contributed by atoms with Crippen molar-refractivity contribution in [3.8, 4) is 11.4 Å². The first kappa shape index (κ1) is 16.5. The minimum atomic E-state index is -0.270. The molecule has 5 nitrogen and oxygen atoms in total. The second-order valence-electron chi connectivity index (χ2n) is 6.68. The van der Waals surface area contributed by atoms with Crippen molar-refractivity contribution in [2.75, 3.05) is 0 Å². The third kappa shape index (κ3) is 2.69. The van der Waals surface area contributed by atoms with Gasteiger partial charge in [0, 0.05) is 17.4 Å². The zero-order chi connectivity index (χ0) is 18.3. The maximum Gasteiger partial charge on any atom is 0.306 e. The minimum absolute atomic E-state index is 0.0233. The number of benzene rings is 1. The van der Waals surface area contributed by atoms with E-state index in [4.69, 9.17) is 9.72 Å². The molecule has 0 unspecified atom stereocenters. The van der Waals surface area contributed by atoms with Crippen molar-refractivity contribution in [1.82, 2.24) is 9.55 Å². The summed E-state index contributed by atoms with van der Waals surface area (Å²) in [6, 6.07) is 12.0. The van der Waals surface area contributed by atoms with Crippen LogP contribution in [-0.2, 0) is 22.7 Å². The fourth-order valence-corrected chi connectivity index (χ4v) is 3.44. The summed E-state index contributed by atoms with van der Waals surface area (Å²) in [6.07, 6.45) is 1.10. The molecule has 1 aliphatic heterocycles. The number of carbonyl (C=O) groups excluding carboxylic acids is 1. The maximum atomic E-state index is 13.0. The van der Waals surface area contributed by atoms with Gasteiger partial charge in [0.2, 0.25) is 0 Å². The number of ether oxygens (including phenoxy) is 1. The predicted octanol–water partition coefficient (Wildman–Crippen LogP) is 3.58. The van der Waals surface area contributed by atoms with Crippen LogP contribution in [0.15, 0.2) is 41.2 Å². The summed E-state index contributed by atoms with van der Waals surface area (Å²) in [4.78, 5) is 29.4. The Kier molecular flexibility index (Phi) is 4.07. The van der Waals surface area contributed by atoms with Crippen LogP contribution in [0.4, 0.5) is 0 Å². The standard InChI is InChI=1S/C21H20N2O3/c1-3-6-19(24)26-12-16-13(2)9-18-20-15(11-23(18)21(16)25)10-14-7-4-5-8-17(14)22-20/h4-5,7-10H,3,6,11-12H2,1-2H3. The number of fused-ring (bicyclic) bond motifs is 4. The number of hydrogen-bond acceptors (Lipinski definition) is 4. The van der Waals surface area contributed by atoms with Crippen molar-refractivity contribution in [3.63, 3.8) is 0 Å². The van der Waals surface area contributed by atoms with Gasteiger partial charge in [0.05, 0.1) is 29.0 Å². The molecule has 0 spiro atoms. The molecule has 4 rings (SSSR count). The van der Waals surface area contributed by atoms with Crippen LogP contribution in [0.3, 0.4) is 0 Å². The van der Waals surface area contributed by atoms with Crippen LogP contribution in [0, 0.1) is 6.92 Å². The normalized spacial score (nSPS) is 12.1. The van der Waals surface area contributed by atoms with Crippen molar-refractivity contribution in [1.29, 1.82) is 0 Å². The number of hydrogen-bond donors (Lipinski definition) is 0. The van der Waals surface area contributed by atoms with Gasteiger partial charge >= 0.3 is 5.97 Å². The Morgan fingerprint density at radius 3 is 2.88 bits per heavy atom. The highest BCUT2D eigenvalue weighted by molar-refractivity contribution is 5.83. The molecule has 0 amide bonds. The molecule has 0 radical (unpaired) electrons. The maximum absolute atomic E-state index is 13.0. The van der Waals surface area contributed by atoms with Gasteiger partial charge in [-0.05, 0) is 37.1 Å². The summed E-state index contributed by atoms with van der Waals surface area (Å²) in [5, 5.41) is 1.07. The zero-order valence-electron chi connectivity index (χ0n) is 14.9. The lowest BCUT2D eigenvalue weighted by Crippen LogP contribution is -2.25. The second-order valence-corrected chi connectivity index (χ2v) is 6.68. The number of aromatic nitrogens is 2. The smallest absolute Gasteiger partial charge is 0.306 e. The third-order valence-corrected chi connectivity index (χ3v) is 4.83. The van der Waals surface area contributed by atoms with E-state index in [1.54, 1.807) is 4.57 Å². The molecule has 5 heteroatoms. The molecule has 26 heavy (non-hydrogen) atoms. The average molecular weight is 348 g/mol. The summed E-state index contributed by atoms with van der Waals surface area (Å²) in [5.74, 6) is -0.270. The van der Waals surface area contributed by atoms with Gasteiger partial charge in [-0.3, -0.25) is 9.59 Å². The predicted molar refractivity (Wildman–Crippen MR) is 100.0 cm³/mol. The zero-order valence-corrected chi connectivity index (χ0v) is 14.9. The van der Waals surface area contributed by atoms with Gasteiger partial charge in [0.25, 0.3) is 5.56 Å². The summed E-state index contributed by atoms with van der Waals surface area (Å²) in [5.41, 5.74) is 4.91. The summed E-state index contributed by atoms with van der Waals surface area (Å²) in [6.45, 7) is 4.32. The first-order chi connectivity index (χ1) is 12.6. The van der Waals surface area contributed by atoms with E-state index in [0.29, 0.717) is 18.5 Å². The highest BCUT2D eigenvalue weighted by atomic mass is 16.5. The number of esters is 1. The SMILES string of the molecule is CCCC(=O)OCc1c(C)cc2n(c1=O)Cc1cc3ccccc3nc1-2. The monoisotopic (exact) mass is 348 g/mol. The van der Waals surface area contributed by atoms with Crippen LogP contribution in [-0.4, -0.2) is 15.5 Å². The van der Waals surface area contributed by atoms with E-state index in [1.807, 2.05) is 44.2 Å². The molecule has 2 aromatic heterocycles. The molecule has 0 fully saturated rings. The van der Waals surface area contributed by atoms with E-state index in [1.165, 1.54) is 0 Å². The van der Waals surface area contributed by atoms with E-state index in [-0.39, 0.29) is 18.1 Å². The molecule has 1 aromatic carbocycles. The quantitative estimate of drug-likeness (QED) is 0.529. The van der Waals surface area contributed by atoms with Crippen molar-refractivity contribution >= 4 is 16.9 Å². The lowest BCUT2D eigenvalue weighted by Gasteiger charge is -2.11. The molecule has 0 atom stereocenters. The highest BCUT2D eigenvalue weighted by Gasteiger charge is 2.24. The molecule has 0 saturated heterocycles. The lowest BCUT2D eigenvalue weighted by atomic mass is 10.1. The first-order valence-electron chi connectivity index (χ1n) is 8.86. The number of rotatable bonds is 4. The van der Waals surface area contributed by atoms with E-state index in [2.05, 4.69) is 6.07 Å². The average Bonchev–Trinajstić information content (AvgIpc) is 2.97. The van der Waals surface area contributed by atoms with Crippen LogP contribution in [0.1, 0.15) is 36.5 Å². The first-order valence-corrected chi connectivity index (χ1v) is 8.86. The fourth-order valence-electron chi connectivity index (χ4n) is 3.44. The van der Waals surface area contributed by atoms with E-state index < -0.39 is 0 Å². The van der Waals surface area contributed by atoms with Crippen LogP contribution in [0.2, 0.25) is 0 Å². The van der Waals surface area contributed by atoms with E-state index in [0.717, 1.165) is 39.8 Å². The van der Waals surface area contributed by atoms with Gasteiger partial charge in [-0.2, -0.15) is 0 Å². The van der Waals surface area contributed by atoms with Crippen LogP contribution in [0.25, 0.3) is 22.3 Å². The Morgan fingerprint density at radius 2 is 2.08 bits per heavy atom. The molecule has 0 saturated carbocycles. The van der Waals surface area contributed by atoms with Gasteiger partial charge in [-0.25, -0.2) is 4.98 Å². The molecule has 3 aromatic rings. The number of pyridine rings is 2. The molecule has 0 N–H and O–H groups in total. The third-order valence-electron chi connectivity index (χ3n) is 4.83. The summed E-state index contributed by atoms with van der Waals surface area (Å²) in [7, 11) is 0. The molecule has 132 valence electrons. The van der Waals surface area contributed by atoms with E-state index in [9.17, 15) is 9.59 Å². The Bertz CT molecular complexity index is 1080. The Morgan fingerprint density at radius 1 is 1.27 bits per heavy atom. The molecular weight excluding hydrogens is 328 g/mol. The Balaban J connectivity index is 1.75. The van der Waals surface area contributed by atoms with Crippen molar-refractivity contribution in [2.45, 2.75) is 39.8 Å². The van der Waals surface area contributed by atoms with Crippen molar-refractivity contribution < 1.29 is 9.53 Å². The molecule has 0 bridgehead atoms. The van der Waals surface area contributed by atoms with Gasteiger partial charge in [0.1, 0.15) is 6.61 Å². The van der Waals surface area contributed by atoms with Crippen LogP contribution in [0.5, 0.6) is 0 Å². The van der Waals surface area contributed by atoms with Gasteiger partial charge in [-0.1, -0.05) is 25.1 Å². The fraction of sp³-hybridized carbons (Fsp3) is 0.286. The summed E-state index contributed by atoms with van der Waals surface area (Å²) >= 11 is 0. The highest BCUT2D eigenvalue weighted by Crippen LogP contribution is 2.32. The number of para-hydroxylation sites is 1. The van der Waals surface area contributed by atoms with Gasteiger partial charge in [-0.15, -0.1) is 0 Å². The topological polar surface area (TPSA) is 61.2 Å². The lowest BCUT2D eigenvalue weighted by molar-refractivity contribution is -0.145. The Labute approximate surface area is 151 Å². The number of aryl methyl sites for hydroxylation is 1. The number of carbonyl (C=O) groups is 1. The van der Waals surface area contributed by atoms with Gasteiger partial charge < -0.3 is 9.30 Å². The Hall–Kier alpha value is -2.95. The van der Waals surface area contributed by atoms with E-state index >= 15 is 0 Å².